The second kappa shape index (κ2) is 7.14. The fraction of sp³-hybridized carbons (Fsp3) is 0.118. The Morgan fingerprint density at radius 3 is 2.67 bits per heavy atom. The molecule has 0 saturated carbocycles. The number of halogens is 1. The summed E-state index contributed by atoms with van der Waals surface area (Å²) < 4.78 is 10.9. The van der Waals surface area contributed by atoms with Gasteiger partial charge in [-0.2, -0.15) is 0 Å². The van der Waals surface area contributed by atoms with Crippen LogP contribution in [0.2, 0.25) is 5.02 Å². The zero-order valence-electron chi connectivity index (χ0n) is 12.8. The highest BCUT2D eigenvalue weighted by Crippen LogP contribution is 2.25. The van der Waals surface area contributed by atoms with Crippen LogP contribution in [0.1, 0.15) is 17.6 Å². The molecular weight excluding hydrogens is 330 g/mol. The molecule has 1 aromatic heterocycles. The summed E-state index contributed by atoms with van der Waals surface area (Å²) >= 11 is 5.84. The van der Waals surface area contributed by atoms with Gasteiger partial charge in [0.2, 0.25) is 5.89 Å². The van der Waals surface area contributed by atoms with Gasteiger partial charge in [0.1, 0.15) is 5.75 Å². The Bertz CT molecular complexity index is 846. The Kier molecular flexibility index (Phi) is 4.77. The van der Waals surface area contributed by atoms with Crippen LogP contribution in [-0.2, 0) is 0 Å². The molecule has 0 fully saturated rings. The molecule has 2 aromatic carbocycles. The van der Waals surface area contributed by atoms with Gasteiger partial charge in [-0.25, -0.2) is 0 Å². The first kappa shape index (κ1) is 16.0. The quantitative estimate of drug-likeness (QED) is 0.756. The van der Waals surface area contributed by atoms with E-state index >= 15 is 0 Å². The van der Waals surface area contributed by atoms with Crippen molar-refractivity contribution in [3.05, 3.63) is 59.4 Å². The van der Waals surface area contributed by atoms with Gasteiger partial charge < -0.3 is 14.5 Å². The number of para-hydroxylation sites is 2. The molecular formula is C17H14ClN3O3. The number of hydrogen-bond acceptors (Lipinski definition) is 5. The fourth-order valence-corrected chi connectivity index (χ4v) is 2.18. The maximum absolute atomic E-state index is 12.3. The Hall–Kier alpha value is -2.86. The number of rotatable bonds is 5. The molecule has 0 aliphatic heterocycles. The van der Waals surface area contributed by atoms with Crippen LogP contribution in [0.15, 0.2) is 52.9 Å². The highest BCUT2D eigenvalue weighted by molar-refractivity contribution is 6.30. The Balaban J connectivity index is 1.78. The molecule has 1 heterocycles. The second-order valence-corrected chi connectivity index (χ2v) is 5.24. The molecule has 7 heteroatoms. The molecule has 1 amide bonds. The molecule has 0 spiro atoms. The van der Waals surface area contributed by atoms with Crippen molar-refractivity contribution in [2.24, 2.45) is 0 Å². The largest absolute Gasteiger partial charge is 0.492 e. The first-order valence-corrected chi connectivity index (χ1v) is 7.68. The minimum atomic E-state index is -0.505. The normalized spacial score (nSPS) is 10.4. The molecule has 3 rings (SSSR count). The van der Waals surface area contributed by atoms with E-state index < -0.39 is 5.91 Å². The van der Waals surface area contributed by atoms with Crippen LogP contribution in [-0.4, -0.2) is 22.7 Å². The van der Waals surface area contributed by atoms with Crippen molar-refractivity contribution in [1.29, 1.82) is 0 Å². The van der Waals surface area contributed by atoms with Gasteiger partial charge in [0.15, 0.2) is 0 Å². The average Bonchev–Trinajstić information content (AvgIpc) is 3.08. The summed E-state index contributed by atoms with van der Waals surface area (Å²) in [4.78, 5) is 12.3. The molecule has 122 valence electrons. The predicted molar refractivity (Wildman–Crippen MR) is 90.3 cm³/mol. The molecule has 0 unspecified atom stereocenters. The van der Waals surface area contributed by atoms with Gasteiger partial charge in [0.25, 0.3) is 0 Å². The standard InChI is InChI=1S/C17H14ClN3O3/c1-2-23-14-6-4-3-5-13(14)19-15(22)17-21-20-16(24-17)11-7-9-12(18)10-8-11/h3-10H,2H2,1H3,(H,19,22). The summed E-state index contributed by atoms with van der Waals surface area (Å²) in [7, 11) is 0. The number of nitrogens with one attached hydrogen (secondary N) is 1. The molecule has 0 bridgehead atoms. The van der Waals surface area contributed by atoms with E-state index in [-0.39, 0.29) is 11.8 Å². The van der Waals surface area contributed by atoms with E-state index in [0.717, 1.165) is 0 Å². The molecule has 1 N–H and O–H groups in total. The lowest BCUT2D eigenvalue weighted by Gasteiger charge is -2.09. The first-order valence-electron chi connectivity index (χ1n) is 7.30. The summed E-state index contributed by atoms with van der Waals surface area (Å²) in [5.74, 6) is 0.182. The summed E-state index contributed by atoms with van der Waals surface area (Å²) in [5.41, 5.74) is 1.22. The number of hydrogen-bond donors (Lipinski definition) is 1. The summed E-state index contributed by atoms with van der Waals surface area (Å²) in [6.07, 6.45) is 0. The van der Waals surface area contributed by atoms with Crippen LogP contribution in [0.4, 0.5) is 5.69 Å². The third kappa shape index (κ3) is 3.55. The number of amides is 1. The molecule has 0 saturated heterocycles. The van der Waals surface area contributed by atoms with E-state index in [1.54, 1.807) is 42.5 Å². The minimum absolute atomic E-state index is 0.133. The van der Waals surface area contributed by atoms with Gasteiger partial charge in [0.05, 0.1) is 12.3 Å². The highest BCUT2D eigenvalue weighted by atomic mass is 35.5. The zero-order chi connectivity index (χ0) is 16.9. The average molecular weight is 344 g/mol. The lowest BCUT2D eigenvalue weighted by atomic mass is 10.2. The van der Waals surface area contributed by atoms with E-state index in [4.69, 9.17) is 20.8 Å². The maximum atomic E-state index is 12.3. The third-order valence-corrected chi connectivity index (χ3v) is 3.40. The Morgan fingerprint density at radius 1 is 1.17 bits per heavy atom. The number of carbonyl (C=O) groups is 1. The van der Waals surface area contributed by atoms with Crippen LogP contribution < -0.4 is 10.1 Å². The highest BCUT2D eigenvalue weighted by Gasteiger charge is 2.17. The van der Waals surface area contributed by atoms with Gasteiger partial charge in [-0.3, -0.25) is 4.79 Å². The van der Waals surface area contributed by atoms with Crippen LogP contribution in [0.5, 0.6) is 5.75 Å². The van der Waals surface area contributed by atoms with E-state index in [1.165, 1.54) is 0 Å². The van der Waals surface area contributed by atoms with E-state index in [9.17, 15) is 4.79 Å². The molecule has 6 nitrogen and oxygen atoms in total. The lowest BCUT2D eigenvalue weighted by molar-refractivity contribution is 0.0990. The summed E-state index contributed by atoms with van der Waals surface area (Å²) in [6.45, 7) is 2.36. The second-order valence-electron chi connectivity index (χ2n) is 4.80. The van der Waals surface area contributed by atoms with Crippen LogP contribution in [0.25, 0.3) is 11.5 Å². The maximum Gasteiger partial charge on any atom is 0.313 e. The lowest BCUT2D eigenvalue weighted by Crippen LogP contribution is -2.13. The number of ether oxygens (including phenoxy) is 1. The smallest absolute Gasteiger partial charge is 0.313 e. The fourth-order valence-electron chi connectivity index (χ4n) is 2.05. The molecule has 0 aliphatic carbocycles. The molecule has 3 aromatic rings. The van der Waals surface area contributed by atoms with Crippen LogP contribution in [0.3, 0.4) is 0 Å². The van der Waals surface area contributed by atoms with E-state index in [2.05, 4.69) is 15.5 Å². The molecule has 0 atom stereocenters. The van der Waals surface area contributed by atoms with Gasteiger partial charge >= 0.3 is 11.8 Å². The van der Waals surface area contributed by atoms with Crippen molar-refractivity contribution < 1.29 is 13.9 Å². The van der Waals surface area contributed by atoms with Gasteiger partial charge in [0, 0.05) is 10.6 Å². The van der Waals surface area contributed by atoms with Crippen molar-refractivity contribution in [1.82, 2.24) is 10.2 Å². The number of carbonyl (C=O) groups excluding carboxylic acids is 1. The molecule has 0 radical (unpaired) electrons. The van der Waals surface area contributed by atoms with Crippen molar-refractivity contribution >= 4 is 23.2 Å². The predicted octanol–water partition coefficient (Wildman–Crippen LogP) is 4.04. The van der Waals surface area contributed by atoms with E-state index in [1.807, 2.05) is 13.0 Å². The number of nitrogens with zero attached hydrogens (tertiary/aromatic N) is 2. The van der Waals surface area contributed by atoms with Crippen molar-refractivity contribution in [2.45, 2.75) is 6.92 Å². The Labute approximate surface area is 143 Å². The number of benzene rings is 2. The van der Waals surface area contributed by atoms with Gasteiger partial charge in [-0.15, -0.1) is 10.2 Å². The van der Waals surface area contributed by atoms with Crippen molar-refractivity contribution in [3.8, 4) is 17.2 Å². The van der Waals surface area contributed by atoms with Gasteiger partial charge in [-0.1, -0.05) is 23.7 Å². The minimum Gasteiger partial charge on any atom is -0.492 e. The van der Waals surface area contributed by atoms with E-state index in [0.29, 0.717) is 28.6 Å². The van der Waals surface area contributed by atoms with Crippen LogP contribution in [0, 0.1) is 0 Å². The Morgan fingerprint density at radius 2 is 1.92 bits per heavy atom. The summed E-state index contributed by atoms with van der Waals surface area (Å²) in [5, 5.41) is 11.0. The number of aromatic nitrogens is 2. The molecule has 0 aliphatic rings. The van der Waals surface area contributed by atoms with Crippen molar-refractivity contribution in [2.75, 3.05) is 11.9 Å². The monoisotopic (exact) mass is 343 g/mol. The topological polar surface area (TPSA) is 77.2 Å². The first-order chi connectivity index (χ1) is 11.7. The van der Waals surface area contributed by atoms with Crippen molar-refractivity contribution in [3.63, 3.8) is 0 Å². The number of anilines is 1. The molecule has 24 heavy (non-hydrogen) atoms. The summed E-state index contributed by atoms with van der Waals surface area (Å²) in [6, 6.07) is 14.0. The third-order valence-electron chi connectivity index (χ3n) is 3.15. The SMILES string of the molecule is CCOc1ccccc1NC(=O)c1nnc(-c2ccc(Cl)cc2)o1. The van der Waals surface area contributed by atoms with Crippen LogP contribution >= 0.6 is 11.6 Å². The van der Waals surface area contributed by atoms with Gasteiger partial charge in [-0.05, 0) is 43.3 Å². The zero-order valence-corrected chi connectivity index (χ0v) is 13.6.